The van der Waals surface area contributed by atoms with Crippen LogP contribution in [-0.2, 0) is 13.0 Å². The number of hydrogen-bond acceptors (Lipinski definition) is 3. The fraction of sp³-hybridized carbons (Fsp3) is 0.368. The molecule has 0 radical (unpaired) electrons. The van der Waals surface area contributed by atoms with Crippen molar-refractivity contribution >= 4 is 31.9 Å². The fourth-order valence-electron chi connectivity index (χ4n) is 2.47. The van der Waals surface area contributed by atoms with Crippen LogP contribution in [0, 0.1) is 0 Å². The Morgan fingerprint density at radius 1 is 1.08 bits per heavy atom. The van der Waals surface area contributed by atoms with E-state index in [1.165, 1.54) is 5.56 Å². The Labute approximate surface area is 161 Å². The molecular weight excluding hydrogens is 434 g/mol. The highest BCUT2D eigenvalue weighted by Gasteiger charge is 2.10. The highest BCUT2D eigenvalue weighted by Crippen LogP contribution is 2.33. The maximum absolute atomic E-state index is 5.90. The van der Waals surface area contributed by atoms with E-state index in [-0.39, 0.29) is 0 Å². The standard InChI is InChI=1S/C19H23Br2NO2/c1-3-10-24-19-15(11-16(20)12-17(19)21)13-22-9-8-14-6-4-5-7-18(14)23-2/h4-7,11-12,22H,3,8-10,13H2,1-2H3. The summed E-state index contributed by atoms with van der Waals surface area (Å²) in [5.41, 5.74) is 2.36. The first kappa shape index (κ1) is 19.3. The monoisotopic (exact) mass is 455 g/mol. The minimum Gasteiger partial charge on any atom is -0.496 e. The Bertz CT molecular complexity index is 662. The first-order chi connectivity index (χ1) is 11.7. The predicted molar refractivity (Wildman–Crippen MR) is 106 cm³/mol. The lowest BCUT2D eigenvalue weighted by Gasteiger charge is -2.15. The van der Waals surface area contributed by atoms with Gasteiger partial charge in [-0.2, -0.15) is 0 Å². The summed E-state index contributed by atoms with van der Waals surface area (Å²) in [5, 5.41) is 3.50. The van der Waals surface area contributed by atoms with Gasteiger partial charge in [0.2, 0.25) is 0 Å². The Morgan fingerprint density at radius 3 is 2.62 bits per heavy atom. The van der Waals surface area contributed by atoms with E-state index in [0.29, 0.717) is 6.61 Å². The van der Waals surface area contributed by atoms with Crippen LogP contribution in [0.2, 0.25) is 0 Å². The van der Waals surface area contributed by atoms with E-state index in [0.717, 1.165) is 51.9 Å². The molecule has 0 aliphatic carbocycles. The summed E-state index contributed by atoms with van der Waals surface area (Å²) in [4.78, 5) is 0. The highest BCUT2D eigenvalue weighted by atomic mass is 79.9. The zero-order valence-corrected chi connectivity index (χ0v) is 17.2. The third-order valence-electron chi connectivity index (χ3n) is 3.61. The molecule has 0 spiro atoms. The van der Waals surface area contributed by atoms with E-state index in [1.807, 2.05) is 24.3 Å². The topological polar surface area (TPSA) is 30.5 Å². The molecule has 0 aliphatic heterocycles. The van der Waals surface area contributed by atoms with Crippen molar-refractivity contribution in [2.75, 3.05) is 20.3 Å². The highest BCUT2D eigenvalue weighted by molar-refractivity contribution is 9.11. The minimum absolute atomic E-state index is 0.717. The lowest BCUT2D eigenvalue weighted by Crippen LogP contribution is -2.18. The summed E-state index contributed by atoms with van der Waals surface area (Å²) in [7, 11) is 1.71. The molecule has 2 aromatic rings. The molecule has 2 aromatic carbocycles. The summed E-state index contributed by atoms with van der Waals surface area (Å²) in [6.07, 6.45) is 1.91. The minimum atomic E-state index is 0.717. The number of halogens is 2. The number of rotatable bonds is 9. The van der Waals surface area contributed by atoms with Crippen LogP contribution in [-0.4, -0.2) is 20.3 Å². The second-order valence-electron chi connectivity index (χ2n) is 5.46. The molecule has 0 saturated carbocycles. The molecule has 3 nitrogen and oxygen atoms in total. The molecule has 0 unspecified atom stereocenters. The van der Waals surface area contributed by atoms with Crippen molar-refractivity contribution in [3.05, 3.63) is 56.5 Å². The lowest BCUT2D eigenvalue weighted by atomic mass is 10.1. The van der Waals surface area contributed by atoms with Crippen molar-refractivity contribution in [2.45, 2.75) is 26.3 Å². The van der Waals surface area contributed by atoms with Crippen LogP contribution in [0.3, 0.4) is 0 Å². The summed E-state index contributed by atoms with van der Waals surface area (Å²) in [6, 6.07) is 12.3. The van der Waals surface area contributed by atoms with Gasteiger partial charge >= 0.3 is 0 Å². The van der Waals surface area contributed by atoms with Crippen molar-refractivity contribution in [3.63, 3.8) is 0 Å². The maximum Gasteiger partial charge on any atom is 0.138 e. The number of methoxy groups -OCH3 is 1. The predicted octanol–water partition coefficient (Wildman–Crippen LogP) is 5.34. The number of benzene rings is 2. The lowest BCUT2D eigenvalue weighted by molar-refractivity contribution is 0.311. The molecule has 0 atom stereocenters. The molecule has 5 heteroatoms. The normalized spacial score (nSPS) is 10.7. The van der Waals surface area contributed by atoms with Crippen LogP contribution < -0.4 is 14.8 Å². The zero-order valence-electron chi connectivity index (χ0n) is 14.1. The average molecular weight is 457 g/mol. The van der Waals surface area contributed by atoms with Crippen molar-refractivity contribution in [1.82, 2.24) is 5.32 Å². The quantitative estimate of drug-likeness (QED) is 0.516. The van der Waals surface area contributed by atoms with Crippen LogP contribution in [0.1, 0.15) is 24.5 Å². The largest absolute Gasteiger partial charge is 0.496 e. The molecule has 0 bridgehead atoms. The van der Waals surface area contributed by atoms with Crippen molar-refractivity contribution < 1.29 is 9.47 Å². The van der Waals surface area contributed by atoms with Gasteiger partial charge in [-0.15, -0.1) is 0 Å². The van der Waals surface area contributed by atoms with Crippen LogP contribution in [0.4, 0.5) is 0 Å². The Hall–Kier alpha value is -1.04. The van der Waals surface area contributed by atoms with Gasteiger partial charge in [-0.1, -0.05) is 41.1 Å². The van der Waals surface area contributed by atoms with E-state index in [9.17, 15) is 0 Å². The van der Waals surface area contributed by atoms with Crippen molar-refractivity contribution in [3.8, 4) is 11.5 Å². The van der Waals surface area contributed by atoms with Crippen LogP contribution in [0.15, 0.2) is 45.3 Å². The van der Waals surface area contributed by atoms with Crippen molar-refractivity contribution in [1.29, 1.82) is 0 Å². The molecule has 0 saturated heterocycles. The van der Waals surface area contributed by atoms with Gasteiger partial charge in [0.05, 0.1) is 18.2 Å². The van der Waals surface area contributed by atoms with Gasteiger partial charge in [0, 0.05) is 16.6 Å². The van der Waals surface area contributed by atoms with Gasteiger partial charge in [-0.3, -0.25) is 0 Å². The Morgan fingerprint density at radius 2 is 1.88 bits per heavy atom. The fourth-order valence-corrected chi connectivity index (χ4v) is 3.89. The van der Waals surface area contributed by atoms with Gasteiger partial charge in [-0.05, 0) is 59.1 Å². The van der Waals surface area contributed by atoms with E-state index >= 15 is 0 Å². The van der Waals surface area contributed by atoms with Crippen LogP contribution >= 0.6 is 31.9 Å². The molecule has 0 fully saturated rings. The van der Waals surface area contributed by atoms with Gasteiger partial charge in [0.25, 0.3) is 0 Å². The molecule has 2 rings (SSSR count). The van der Waals surface area contributed by atoms with E-state index in [2.05, 4.69) is 56.2 Å². The number of ether oxygens (including phenoxy) is 2. The summed E-state index contributed by atoms with van der Waals surface area (Å²) >= 11 is 7.14. The average Bonchev–Trinajstić information content (AvgIpc) is 2.58. The second kappa shape index (κ2) is 10.1. The third-order valence-corrected chi connectivity index (χ3v) is 4.66. The molecule has 0 aromatic heterocycles. The Kier molecular flexibility index (Phi) is 8.09. The summed E-state index contributed by atoms with van der Waals surface area (Å²) in [5.74, 6) is 1.86. The molecule has 0 amide bonds. The van der Waals surface area contributed by atoms with Gasteiger partial charge in [-0.25, -0.2) is 0 Å². The summed E-state index contributed by atoms with van der Waals surface area (Å²) < 4.78 is 13.3. The van der Waals surface area contributed by atoms with Gasteiger partial charge in [0.1, 0.15) is 11.5 Å². The molecular formula is C19H23Br2NO2. The number of nitrogens with one attached hydrogen (secondary N) is 1. The zero-order chi connectivity index (χ0) is 17.4. The smallest absolute Gasteiger partial charge is 0.138 e. The van der Waals surface area contributed by atoms with E-state index in [4.69, 9.17) is 9.47 Å². The van der Waals surface area contributed by atoms with Crippen molar-refractivity contribution in [2.24, 2.45) is 0 Å². The molecule has 130 valence electrons. The van der Waals surface area contributed by atoms with Gasteiger partial charge in [0.15, 0.2) is 0 Å². The molecule has 0 aliphatic rings. The van der Waals surface area contributed by atoms with Crippen LogP contribution in [0.5, 0.6) is 11.5 Å². The first-order valence-corrected chi connectivity index (χ1v) is 9.67. The maximum atomic E-state index is 5.90. The molecule has 1 N–H and O–H groups in total. The Balaban J connectivity index is 1.96. The third kappa shape index (κ3) is 5.50. The molecule has 24 heavy (non-hydrogen) atoms. The second-order valence-corrected chi connectivity index (χ2v) is 7.23. The number of hydrogen-bond donors (Lipinski definition) is 1. The van der Waals surface area contributed by atoms with E-state index in [1.54, 1.807) is 7.11 Å². The van der Waals surface area contributed by atoms with Gasteiger partial charge < -0.3 is 14.8 Å². The van der Waals surface area contributed by atoms with Crippen LogP contribution in [0.25, 0.3) is 0 Å². The molecule has 0 heterocycles. The van der Waals surface area contributed by atoms with E-state index < -0.39 is 0 Å². The first-order valence-electron chi connectivity index (χ1n) is 8.09. The SMILES string of the molecule is CCCOc1c(Br)cc(Br)cc1CNCCc1ccccc1OC. The number of para-hydroxylation sites is 1. The summed E-state index contributed by atoms with van der Waals surface area (Å²) in [6.45, 7) is 4.45.